The van der Waals surface area contributed by atoms with Crippen molar-refractivity contribution in [3.63, 3.8) is 0 Å². The number of phenols is 1. The fraction of sp³-hybridized carbons (Fsp3) is 0.208. The van der Waals surface area contributed by atoms with Crippen LogP contribution in [-0.2, 0) is 31.9 Å². The molecule has 0 aliphatic rings. The van der Waals surface area contributed by atoms with Crippen LogP contribution in [0.2, 0.25) is 0 Å². The second-order valence-electron chi connectivity index (χ2n) is 17.5. The van der Waals surface area contributed by atoms with E-state index < -0.39 is 0 Å². The first-order valence-corrected chi connectivity index (χ1v) is 19.8. The maximum absolute atomic E-state index is 11.7. The zero-order valence-corrected chi connectivity index (χ0v) is 37.1. The summed E-state index contributed by atoms with van der Waals surface area (Å²) in [6.45, 7) is 19.6. The number of phenolic OH excluding ortho intramolecular Hbond substituents is 1. The summed E-state index contributed by atoms with van der Waals surface area (Å²) in [5, 5.41) is 11.7. The summed E-state index contributed by atoms with van der Waals surface area (Å²) in [6, 6.07) is 48.9. The molecule has 0 saturated carbocycles. The molecule has 2 heterocycles. The van der Waals surface area contributed by atoms with Gasteiger partial charge in [-0.15, -0.1) is 29.3 Å². The Labute approximate surface area is 358 Å². The Morgan fingerprint density at radius 1 is 0.569 bits per heavy atom. The topological polar surface area (TPSA) is 50.9 Å². The Bertz CT molecular complexity index is 2780. The van der Waals surface area contributed by atoms with Gasteiger partial charge < -0.3 is 5.11 Å². The molecule has 0 aliphatic heterocycles. The minimum atomic E-state index is -0.143. The van der Waals surface area contributed by atoms with Gasteiger partial charge in [0, 0.05) is 38.5 Å². The van der Waals surface area contributed by atoms with Gasteiger partial charge in [-0.25, -0.2) is 4.98 Å². The second kappa shape index (κ2) is 15.6. The van der Waals surface area contributed by atoms with Crippen molar-refractivity contribution >= 4 is 11.0 Å². The van der Waals surface area contributed by atoms with Crippen molar-refractivity contribution < 1.29 is 26.2 Å². The first-order chi connectivity index (χ1) is 27.2. The van der Waals surface area contributed by atoms with E-state index in [4.69, 9.17) is 9.97 Å². The second-order valence-corrected chi connectivity index (χ2v) is 17.5. The van der Waals surface area contributed by atoms with Gasteiger partial charge >= 0.3 is 0 Å². The fourth-order valence-corrected chi connectivity index (χ4v) is 7.71. The summed E-state index contributed by atoms with van der Waals surface area (Å²) < 4.78 is 2.24. The summed E-state index contributed by atoms with van der Waals surface area (Å²) in [6.07, 6.45) is 1.89. The molecular weight excluding hydrogens is 890 g/mol. The minimum Gasteiger partial charge on any atom is -0.507 e. The summed E-state index contributed by atoms with van der Waals surface area (Å²) in [5.41, 5.74) is 17.0. The van der Waals surface area contributed by atoms with E-state index in [1.54, 1.807) is 0 Å². The number of fused-ring (bicyclic) bond motifs is 1. The molecule has 0 atom stereocenters. The number of pyridine rings is 1. The van der Waals surface area contributed by atoms with E-state index in [9.17, 15) is 5.11 Å². The van der Waals surface area contributed by atoms with Gasteiger partial charge in [-0.3, -0.25) is 9.55 Å². The van der Waals surface area contributed by atoms with Crippen LogP contribution in [0.1, 0.15) is 69.4 Å². The van der Waals surface area contributed by atoms with Gasteiger partial charge in [-0.2, -0.15) is 0 Å². The normalized spacial score (nSPS) is 11.8. The maximum Gasteiger partial charge on any atom is 0.148 e. The molecule has 0 fully saturated rings. The first-order valence-electron chi connectivity index (χ1n) is 19.8. The van der Waals surface area contributed by atoms with Gasteiger partial charge in [0.2, 0.25) is 0 Å². The predicted molar refractivity (Wildman–Crippen MR) is 238 cm³/mol. The van der Waals surface area contributed by atoms with Crippen molar-refractivity contribution in [2.24, 2.45) is 0 Å². The van der Waals surface area contributed by atoms with Crippen molar-refractivity contribution in [2.45, 2.75) is 73.1 Å². The third-order valence-corrected chi connectivity index (χ3v) is 11.0. The van der Waals surface area contributed by atoms with Crippen molar-refractivity contribution in [3.8, 4) is 67.5 Å². The Kier molecular flexibility index (Phi) is 11.0. The molecular formula is C53H50N3OPt-. The summed E-state index contributed by atoms with van der Waals surface area (Å²) >= 11 is 0. The van der Waals surface area contributed by atoms with Crippen molar-refractivity contribution in [1.82, 2.24) is 14.5 Å². The van der Waals surface area contributed by atoms with Crippen LogP contribution in [0.15, 0.2) is 134 Å². The van der Waals surface area contributed by atoms with Crippen LogP contribution >= 0.6 is 0 Å². The predicted octanol–water partition coefficient (Wildman–Crippen LogP) is 13.8. The van der Waals surface area contributed by atoms with Crippen LogP contribution in [0.5, 0.6) is 5.75 Å². The van der Waals surface area contributed by atoms with E-state index in [1.807, 2.05) is 25.3 Å². The average molecular weight is 940 g/mol. The minimum absolute atomic E-state index is 0. The molecule has 0 amide bonds. The number of aromatic hydroxyl groups is 1. The van der Waals surface area contributed by atoms with Gasteiger partial charge in [0.1, 0.15) is 11.6 Å². The van der Waals surface area contributed by atoms with Crippen LogP contribution in [0.3, 0.4) is 0 Å². The van der Waals surface area contributed by atoms with E-state index in [1.165, 1.54) is 16.7 Å². The zero-order chi connectivity index (χ0) is 40.2. The Morgan fingerprint density at radius 2 is 1.28 bits per heavy atom. The molecule has 4 nitrogen and oxygen atoms in total. The van der Waals surface area contributed by atoms with Crippen LogP contribution in [0.25, 0.3) is 72.7 Å². The quantitative estimate of drug-likeness (QED) is 0.169. The van der Waals surface area contributed by atoms with Gasteiger partial charge in [-0.1, -0.05) is 143 Å². The molecule has 5 heteroatoms. The van der Waals surface area contributed by atoms with E-state index >= 15 is 0 Å². The molecule has 0 aliphatic carbocycles. The number of aromatic nitrogens is 3. The van der Waals surface area contributed by atoms with Crippen LogP contribution in [0.4, 0.5) is 0 Å². The number of hydrogen-bond donors (Lipinski definition) is 1. The standard InChI is InChI=1S/C53H50N3O.Pt/c1-33-18-20-36(21-19-33)38-24-25-54-46(31-38)40-28-39(29-42(30-40)53(7,8)9)43-16-13-17-48-49(43)55-51(45-27-34(2)26-35(3)50(45)57)56(48)47-23-22-41(52(4,5)6)32-44(47)37-14-11-10-12-15-37;/h10-27,29-32,57H,1-9H3;/q-1;. The number of nitrogens with zero attached hydrogens (tertiary/aromatic N) is 3. The Balaban J connectivity index is 0.00000512. The first kappa shape index (κ1) is 40.6. The largest absolute Gasteiger partial charge is 0.507 e. The van der Waals surface area contributed by atoms with E-state index in [0.717, 1.165) is 72.5 Å². The molecule has 0 spiro atoms. The molecule has 0 saturated heterocycles. The zero-order valence-electron chi connectivity index (χ0n) is 34.8. The van der Waals surface area contributed by atoms with Crippen molar-refractivity contribution in [3.05, 3.63) is 167 Å². The third kappa shape index (κ3) is 7.83. The molecule has 2 aromatic heterocycles. The van der Waals surface area contributed by atoms with Crippen molar-refractivity contribution in [1.29, 1.82) is 0 Å². The number of rotatable bonds is 6. The number of aryl methyl sites for hydroxylation is 3. The SMILES string of the molecule is Cc1ccc(-c2ccnc(-c3[c-]c(-c4cccc5c4nc(-c4cc(C)cc(C)c4O)n5-c4ccc(C(C)(C)C)cc4-c4ccccc4)cc(C(C)(C)C)c3)c2)cc1.[Pt]. The molecule has 294 valence electrons. The van der Waals surface area contributed by atoms with Gasteiger partial charge in [0.05, 0.1) is 22.3 Å². The molecule has 6 aromatic carbocycles. The summed E-state index contributed by atoms with van der Waals surface area (Å²) in [4.78, 5) is 10.4. The average Bonchev–Trinajstić information content (AvgIpc) is 3.58. The Morgan fingerprint density at radius 3 is 1.98 bits per heavy atom. The Hall–Kier alpha value is -5.57. The van der Waals surface area contributed by atoms with Crippen LogP contribution in [0, 0.1) is 26.8 Å². The fourth-order valence-electron chi connectivity index (χ4n) is 7.71. The van der Waals surface area contributed by atoms with E-state index in [0.29, 0.717) is 11.4 Å². The maximum atomic E-state index is 11.7. The monoisotopic (exact) mass is 939 g/mol. The summed E-state index contributed by atoms with van der Waals surface area (Å²) in [5.74, 6) is 0.913. The molecule has 58 heavy (non-hydrogen) atoms. The third-order valence-electron chi connectivity index (χ3n) is 11.0. The molecule has 1 N–H and O–H groups in total. The number of imidazole rings is 1. The van der Waals surface area contributed by atoms with Gasteiger partial charge in [-0.05, 0) is 95.3 Å². The molecule has 8 rings (SSSR count). The van der Waals surface area contributed by atoms with Crippen molar-refractivity contribution in [2.75, 3.05) is 0 Å². The molecule has 8 aromatic rings. The van der Waals surface area contributed by atoms with Crippen LogP contribution in [-0.4, -0.2) is 19.6 Å². The van der Waals surface area contributed by atoms with E-state index in [2.05, 4.69) is 181 Å². The number of para-hydroxylation sites is 1. The number of hydrogen-bond acceptors (Lipinski definition) is 3. The molecule has 0 radical (unpaired) electrons. The van der Waals surface area contributed by atoms with Gasteiger partial charge in [0.25, 0.3) is 0 Å². The van der Waals surface area contributed by atoms with Gasteiger partial charge in [0.15, 0.2) is 0 Å². The van der Waals surface area contributed by atoms with E-state index in [-0.39, 0.29) is 37.6 Å². The molecule has 0 unspecified atom stereocenters. The smallest absolute Gasteiger partial charge is 0.148 e. The van der Waals surface area contributed by atoms with Crippen LogP contribution < -0.4 is 0 Å². The molecule has 0 bridgehead atoms. The summed E-state index contributed by atoms with van der Waals surface area (Å²) in [7, 11) is 0. The number of benzene rings is 6.